The van der Waals surface area contributed by atoms with Crippen LogP contribution in [0.1, 0.15) is 24.8 Å². The number of piperidine rings is 1. The van der Waals surface area contributed by atoms with Crippen molar-refractivity contribution in [2.75, 3.05) is 27.5 Å². The number of carbonyl (C=O) groups is 1. The van der Waals surface area contributed by atoms with Crippen LogP contribution in [0.2, 0.25) is 0 Å². The van der Waals surface area contributed by atoms with Crippen molar-refractivity contribution >= 4 is 5.91 Å². The topological polar surface area (TPSA) is 60.0 Å². The van der Waals surface area contributed by atoms with E-state index in [1.54, 1.807) is 14.2 Å². The predicted octanol–water partition coefficient (Wildman–Crippen LogP) is 1.52. The number of methoxy groups -OCH3 is 1. The summed E-state index contributed by atoms with van der Waals surface area (Å²) in [4.78, 5) is 14.3. The molecule has 0 saturated carbocycles. The van der Waals surface area contributed by atoms with Crippen LogP contribution >= 0.6 is 0 Å². The first-order chi connectivity index (χ1) is 10.7. The highest BCUT2D eigenvalue weighted by Crippen LogP contribution is 2.39. The van der Waals surface area contributed by atoms with Crippen LogP contribution in [0.3, 0.4) is 0 Å². The molecule has 0 spiro atoms. The summed E-state index contributed by atoms with van der Waals surface area (Å²) in [5, 5.41) is 2.76. The van der Waals surface area contributed by atoms with Crippen LogP contribution in [-0.4, -0.2) is 44.3 Å². The molecule has 1 aromatic rings. The van der Waals surface area contributed by atoms with Crippen LogP contribution in [0.5, 0.6) is 17.2 Å². The smallest absolute Gasteiger partial charge is 0.237 e. The molecule has 1 N–H and O–H groups in total. The first-order valence-electron chi connectivity index (χ1n) is 7.65. The Labute approximate surface area is 130 Å². The third-order valence-electron chi connectivity index (χ3n) is 4.31. The summed E-state index contributed by atoms with van der Waals surface area (Å²) in [7, 11) is 3.34. The number of hydrogen-bond donors (Lipinski definition) is 1. The van der Waals surface area contributed by atoms with Crippen molar-refractivity contribution in [1.82, 2.24) is 10.2 Å². The zero-order chi connectivity index (χ0) is 15.5. The lowest BCUT2D eigenvalue weighted by Crippen LogP contribution is -2.48. The third-order valence-corrected chi connectivity index (χ3v) is 4.31. The Morgan fingerprint density at radius 3 is 2.86 bits per heavy atom. The second-order valence-electron chi connectivity index (χ2n) is 5.61. The van der Waals surface area contributed by atoms with Gasteiger partial charge in [0.05, 0.1) is 13.2 Å². The molecule has 3 rings (SSSR count). The fourth-order valence-corrected chi connectivity index (χ4v) is 3.14. The number of likely N-dealkylation sites (tertiary alicyclic amines) is 1. The number of likely N-dealkylation sites (N-methyl/N-ethyl adjacent to an activating group) is 1. The monoisotopic (exact) mass is 306 g/mol. The van der Waals surface area contributed by atoms with Crippen LogP contribution < -0.4 is 19.5 Å². The Balaban J connectivity index is 1.83. The lowest BCUT2D eigenvalue weighted by Gasteiger charge is -2.34. The molecule has 0 bridgehead atoms. The van der Waals surface area contributed by atoms with E-state index in [0.29, 0.717) is 12.3 Å². The van der Waals surface area contributed by atoms with Gasteiger partial charge in [0.25, 0.3) is 0 Å². The third kappa shape index (κ3) is 2.83. The first-order valence-corrected chi connectivity index (χ1v) is 7.65. The summed E-state index contributed by atoms with van der Waals surface area (Å²) in [6.07, 6.45) is 3.10. The SMILES string of the molecule is CNC(=O)C1CCCCN1Cc1cc2c(cc1OC)OCO2. The highest BCUT2D eigenvalue weighted by atomic mass is 16.7. The zero-order valence-corrected chi connectivity index (χ0v) is 13.1. The molecule has 120 valence electrons. The minimum Gasteiger partial charge on any atom is -0.496 e. The van der Waals surface area contributed by atoms with E-state index >= 15 is 0 Å². The fourth-order valence-electron chi connectivity index (χ4n) is 3.14. The number of benzene rings is 1. The van der Waals surface area contributed by atoms with Crippen molar-refractivity contribution in [2.24, 2.45) is 0 Å². The van der Waals surface area contributed by atoms with Crippen molar-refractivity contribution in [3.05, 3.63) is 17.7 Å². The molecule has 2 heterocycles. The summed E-state index contributed by atoms with van der Waals surface area (Å²) >= 11 is 0. The maximum Gasteiger partial charge on any atom is 0.237 e. The van der Waals surface area contributed by atoms with Gasteiger partial charge in [0.15, 0.2) is 11.5 Å². The highest BCUT2D eigenvalue weighted by Gasteiger charge is 2.29. The van der Waals surface area contributed by atoms with Crippen LogP contribution in [0.4, 0.5) is 0 Å². The molecule has 1 fully saturated rings. The van der Waals surface area contributed by atoms with E-state index in [1.165, 1.54) is 0 Å². The molecule has 1 saturated heterocycles. The number of amides is 1. The molecule has 1 aromatic carbocycles. The minimum atomic E-state index is -0.0751. The number of carbonyl (C=O) groups excluding carboxylic acids is 1. The van der Waals surface area contributed by atoms with E-state index in [9.17, 15) is 4.79 Å². The van der Waals surface area contributed by atoms with Crippen molar-refractivity contribution in [2.45, 2.75) is 31.8 Å². The molecule has 6 nitrogen and oxygen atoms in total. The summed E-state index contributed by atoms with van der Waals surface area (Å²) in [5.41, 5.74) is 1.02. The molecular formula is C16H22N2O4. The normalized spacial score (nSPS) is 20.7. The molecule has 1 amide bonds. The van der Waals surface area contributed by atoms with Gasteiger partial charge < -0.3 is 19.5 Å². The van der Waals surface area contributed by atoms with Gasteiger partial charge in [-0.05, 0) is 25.5 Å². The minimum absolute atomic E-state index is 0.0751. The average Bonchev–Trinajstić information content (AvgIpc) is 3.01. The zero-order valence-electron chi connectivity index (χ0n) is 13.1. The van der Waals surface area contributed by atoms with Crippen LogP contribution in [0.15, 0.2) is 12.1 Å². The van der Waals surface area contributed by atoms with Gasteiger partial charge in [-0.2, -0.15) is 0 Å². The summed E-state index contributed by atoms with van der Waals surface area (Å²) in [6.45, 7) is 1.82. The van der Waals surface area contributed by atoms with Crippen LogP contribution in [-0.2, 0) is 11.3 Å². The maximum atomic E-state index is 12.1. The van der Waals surface area contributed by atoms with Gasteiger partial charge in [-0.1, -0.05) is 6.42 Å². The Bertz CT molecular complexity index is 561. The molecule has 1 unspecified atom stereocenters. The van der Waals surface area contributed by atoms with Crippen LogP contribution in [0.25, 0.3) is 0 Å². The van der Waals surface area contributed by atoms with Gasteiger partial charge in [0.1, 0.15) is 5.75 Å². The lowest BCUT2D eigenvalue weighted by atomic mass is 10.00. The summed E-state index contributed by atoms with van der Waals surface area (Å²) in [5.74, 6) is 2.30. The average molecular weight is 306 g/mol. The number of hydrogen-bond acceptors (Lipinski definition) is 5. The van der Waals surface area contributed by atoms with Crippen LogP contribution in [0, 0.1) is 0 Å². The van der Waals surface area contributed by atoms with Gasteiger partial charge in [-0.25, -0.2) is 0 Å². The molecule has 0 radical (unpaired) electrons. The molecule has 2 aliphatic rings. The Kier molecular flexibility index (Phi) is 4.38. The fraction of sp³-hybridized carbons (Fsp3) is 0.562. The van der Waals surface area contributed by atoms with Crippen molar-refractivity contribution in [3.8, 4) is 17.2 Å². The first kappa shape index (κ1) is 15.0. The van der Waals surface area contributed by atoms with Gasteiger partial charge in [-0.3, -0.25) is 9.69 Å². The van der Waals surface area contributed by atoms with E-state index < -0.39 is 0 Å². The van der Waals surface area contributed by atoms with E-state index in [0.717, 1.165) is 42.9 Å². The van der Waals surface area contributed by atoms with E-state index in [2.05, 4.69) is 10.2 Å². The molecular weight excluding hydrogens is 284 g/mol. The lowest BCUT2D eigenvalue weighted by molar-refractivity contribution is -0.127. The number of ether oxygens (including phenoxy) is 3. The summed E-state index contributed by atoms with van der Waals surface area (Å²) < 4.78 is 16.3. The molecule has 22 heavy (non-hydrogen) atoms. The largest absolute Gasteiger partial charge is 0.496 e. The molecule has 6 heteroatoms. The van der Waals surface area contributed by atoms with Crippen molar-refractivity contribution in [1.29, 1.82) is 0 Å². The van der Waals surface area contributed by atoms with E-state index in [1.807, 2.05) is 12.1 Å². The Morgan fingerprint density at radius 1 is 1.36 bits per heavy atom. The van der Waals surface area contributed by atoms with Gasteiger partial charge in [-0.15, -0.1) is 0 Å². The number of nitrogens with zero attached hydrogens (tertiary/aromatic N) is 1. The summed E-state index contributed by atoms with van der Waals surface area (Å²) in [6, 6.07) is 3.74. The quantitative estimate of drug-likeness (QED) is 0.914. The second kappa shape index (κ2) is 6.44. The Hall–Kier alpha value is -1.95. The van der Waals surface area contributed by atoms with Gasteiger partial charge >= 0.3 is 0 Å². The molecule has 2 aliphatic heterocycles. The highest BCUT2D eigenvalue weighted by molar-refractivity contribution is 5.81. The van der Waals surface area contributed by atoms with Crippen molar-refractivity contribution in [3.63, 3.8) is 0 Å². The molecule has 0 aliphatic carbocycles. The van der Waals surface area contributed by atoms with Gasteiger partial charge in [0, 0.05) is 25.2 Å². The molecule has 0 aromatic heterocycles. The standard InChI is InChI=1S/C16H22N2O4/c1-17-16(19)12-5-3-4-6-18(12)9-11-7-14-15(22-10-21-14)8-13(11)20-2/h7-8,12H,3-6,9-10H2,1-2H3,(H,17,19). The van der Waals surface area contributed by atoms with Gasteiger partial charge in [0.2, 0.25) is 12.7 Å². The number of nitrogens with one attached hydrogen (secondary N) is 1. The number of fused-ring (bicyclic) bond motifs is 1. The molecule has 1 atom stereocenters. The maximum absolute atomic E-state index is 12.1. The predicted molar refractivity (Wildman–Crippen MR) is 81.2 cm³/mol. The number of rotatable bonds is 4. The Morgan fingerprint density at radius 2 is 2.14 bits per heavy atom. The van der Waals surface area contributed by atoms with E-state index in [-0.39, 0.29) is 18.7 Å². The van der Waals surface area contributed by atoms with E-state index in [4.69, 9.17) is 14.2 Å². The van der Waals surface area contributed by atoms with Crippen molar-refractivity contribution < 1.29 is 19.0 Å². The second-order valence-corrected chi connectivity index (χ2v) is 5.61.